The van der Waals surface area contributed by atoms with Crippen LogP contribution in [0, 0.1) is 0 Å². The molecule has 0 aliphatic rings. The van der Waals surface area contributed by atoms with Gasteiger partial charge in [-0.3, -0.25) is 4.74 Å². The maximum Gasteiger partial charge on any atom is 0.383 e. The lowest BCUT2D eigenvalue weighted by Crippen LogP contribution is -2.40. The summed E-state index contributed by atoms with van der Waals surface area (Å²) in [7, 11) is 0. The van der Waals surface area contributed by atoms with Gasteiger partial charge in [-0.15, -0.1) is 0 Å². The topological polar surface area (TPSA) is 136 Å². The van der Waals surface area contributed by atoms with Crippen molar-refractivity contribution >= 4 is 0 Å². The predicted molar refractivity (Wildman–Crippen MR) is 91.3 cm³/mol. The Kier molecular flexibility index (Phi) is 16.6. The third kappa shape index (κ3) is 18.1. The number of rotatable bonds is 21. The highest BCUT2D eigenvalue weighted by Gasteiger charge is 2.44. The van der Waals surface area contributed by atoms with Gasteiger partial charge in [0.05, 0.1) is 66.1 Å². The van der Waals surface area contributed by atoms with Crippen molar-refractivity contribution in [3.63, 3.8) is 0 Å². The highest BCUT2D eigenvalue weighted by Crippen LogP contribution is 2.27. The van der Waals surface area contributed by atoms with E-state index in [4.69, 9.17) is 24.4 Å². The summed E-state index contributed by atoms with van der Waals surface area (Å²) in [6, 6.07) is 0. The normalized spacial score (nSPS) is 14.8. The maximum atomic E-state index is 13.4. The van der Waals surface area contributed by atoms with Crippen LogP contribution in [0.2, 0.25) is 0 Å². The van der Waals surface area contributed by atoms with Crippen LogP contribution >= 0.6 is 0 Å². The van der Waals surface area contributed by atoms with Crippen molar-refractivity contribution in [2.75, 3.05) is 79.3 Å². The summed E-state index contributed by atoms with van der Waals surface area (Å²) < 4.78 is 80.6. The van der Waals surface area contributed by atoms with Gasteiger partial charge in [0, 0.05) is 0 Å². The fraction of sp³-hybridized carbons (Fsp3) is 1.00. The molecule has 14 heteroatoms. The minimum absolute atomic E-state index is 0.0462. The number of aliphatic hydroxyl groups is 4. The van der Waals surface area contributed by atoms with E-state index in [2.05, 4.69) is 14.2 Å². The van der Waals surface area contributed by atoms with Gasteiger partial charge in [-0.25, -0.2) is 0 Å². The van der Waals surface area contributed by atoms with Gasteiger partial charge in [0.1, 0.15) is 25.4 Å². The molecule has 30 heavy (non-hydrogen) atoms. The minimum atomic E-state index is -4.34. The molecule has 0 rings (SSSR count). The lowest BCUT2D eigenvalue weighted by Gasteiger charge is -2.24. The van der Waals surface area contributed by atoms with Crippen molar-refractivity contribution in [1.29, 1.82) is 0 Å². The van der Waals surface area contributed by atoms with Gasteiger partial charge in [0.2, 0.25) is 0 Å². The maximum absolute atomic E-state index is 13.4. The molecule has 0 radical (unpaired) electrons. The van der Waals surface area contributed by atoms with Crippen molar-refractivity contribution in [3.8, 4) is 0 Å². The van der Waals surface area contributed by atoms with Crippen LogP contribution in [-0.2, 0) is 28.4 Å². The van der Waals surface area contributed by atoms with Crippen molar-refractivity contribution in [3.05, 3.63) is 0 Å². The molecular weight excluding hydrogens is 428 g/mol. The SMILES string of the molecule is OCCOCC(O)COCCOCC(F)(F)OC(F)(F)COCC(O)COCCO. The van der Waals surface area contributed by atoms with Gasteiger partial charge < -0.3 is 44.1 Å². The lowest BCUT2D eigenvalue weighted by molar-refractivity contribution is -0.394. The Labute approximate surface area is 171 Å². The molecule has 4 N–H and O–H groups in total. The second-order valence-corrected chi connectivity index (χ2v) is 5.92. The van der Waals surface area contributed by atoms with Gasteiger partial charge >= 0.3 is 12.2 Å². The monoisotopic (exact) mass is 458 g/mol. The van der Waals surface area contributed by atoms with Crippen LogP contribution in [-0.4, -0.2) is 124 Å². The smallest absolute Gasteiger partial charge is 0.383 e. The van der Waals surface area contributed by atoms with Crippen LogP contribution in [0.25, 0.3) is 0 Å². The van der Waals surface area contributed by atoms with Crippen LogP contribution in [0.5, 0.6) is 0 Å². The zero-order chi connectivity index (χ0) is 22.9. The molecule has 0 saturated heterocycles. The van der Waals surface area contributed by atoms with E-state index < -0.39 is 44.2 Å². The molecule has 10 nitrogen and oxygen atoms in total. The molecule has 0 amide bonds. The van der Waals surface area contributed by atoms with Crippen molar-refractivity contribution in [1.82, 2.24) is 0 Å². The number of ether oxygens (including phenoxy) is 6. The number of halogens is 4. The average Bonchev–Trinajstić information content (AvgIpc) is 2.64. The van der Waals surface area contributed by atoms with E-state index in [-0.39, 0.29) is 59.5 Å². The number of alkyl halides is 4. The fourth-order valence-corrected chi connectivity index (χ4v) is 1.78. The zero-order valence-corrected chi connectivity index (χ0v) is 16.4. The Morgan fingerprint density at radius 3 is 1.40 bits per heavy atom. The quantitative estimate of drug-likeness (QED) is 0.125. The summed E-state index contributed by atoms with van der Waals surface area (Å²) in [5, 5.41) is 35.7. The summed E-state index contributed by atoms with van der Waals surface area (Å²) in [6.07, 6.45) is -10.9. The molecule has 0 spiro atoms. The van der Waals surface area contributed by atoms with Gasteiger partial charge in [0.25, 0.3) is 0 Å². The van der Waals surface area contributed by atoms with E-state index in [0.717, 1.165) is 0 Å². The standard InChI is InChI=1S/C16H30F4O10/c17-15(18,11-28-6-5-27-9-13(23)7-25-3-1-21)30-16(19,20)12-29-10-14(24)8-26-4-2-22/h13-14,21-24H,1-12H2. The van der Waals surface area contributed by atoms with Crippen molar-refractivity contribution in [2.24, 2.45) is 0 Å². The van der Waals surface area contributed by atoms with E-state index in [9.17, 15) is 27.8 Å². The molecule has 0 saturated carbocycles. The number of aliphatic hydroxyl groups excluding tert-OH is 4. The number of hydrogen-bond donors (Lipinski definition) is 4. The van der Waals surface area contributed by atoms with Crippen LogP contribution in [0.15, 0.2) is 0 Å². The summed E-state index contributed by atoms with van der Waals surface area (Å²) in [6.45, 7) is -5.22. The third-order valence-electron chi connectivity index (χ3n) is 2.92. The predicted octanol–water partition coefficient (Wildman–Crippen LogP) is -1.02. The highest BCUT2D eigenvalue weighted by atomic mass is 19.3. The van der Waals surface area contributed by atoms with E-state index in [1.807, 2.05) is 0 Å². The zero-order valence-electron chi connectivity index (χ0n) is 16.4. The first-order valence-electron chi connectivity index (χ1n) is 9.04. The van der Waals surface area contributed by atoms with Crippen molar-refractivity contribution < 1.29 is 66.4 Å². The van der Waals surface area contributed by atoms with Crippen LogP contribution in [0.1, 0.15) is 0 Å². The van der Waals surface area contributed by atoms with E-state index in [1.165, 1.54) is 0 Å². The van der Waals surface area contributed by atoms with Gasteiger partial charge in [0.15, 0.2) is 0 Å². The molecule has 182 valence electrons. The second kappa shape index (κ2) is 16.9. The molecule has 0 aromatic heterocycles. The molecule has 0 aliphatic carbocycles. The molecule has 0 heterocycles. The Morgan fingerprint density at radius 1 is 0.567 bits per heavy atom. The third-order valence-corrected chi connectivity index (χ3v) is 2.92. The molecule has 2 unspecified atom stereocenters. The van der Waals surface area contributed by atoms with Gasteiger partial charge in [-0.2, -0.15) is 17.6 Å². The van der Waals surface area contributed by atoms with Crippen LogP contribution in [0.3, 0.4) is 0 Å². The second-order valence-electron chi connectivity index (χ2n) is 5.92. The van der Waals surface area contributed by atoms with Gasteiger partial charge in [-0.05, 0) is 0 Å². The van der Waals surface area contributed by atoms with E-state index in [1.54, 1.807) is 0 Å². The largest absolute Gasteiger partial charge is 0.394 e. The molecule has 0 aromatic carbocycles. The lowest BCUT2D eigenvalue weighted by atomic mass is 10.4. The summed E-state index contributed by atoms with van der Waals surface area (Å²) >= 11 is 0. The van der Waals surface area contributed by atoms with E-state index in [0.29, 0.717) is 0 Å². The summed E-state index contributed by atoms with van der Waals surface area (Å²) in [5.74, 6) is 0. The Bertz CT molecular complexity index is 406. The molecule has 0 aromatic rings. The highest BCUT2D eigenvalue weighted by molar-refractivity contribution is 4.60. The first-order valence-corrected chi connectivity index (χ1v) is 9.04. The van der Waals surface area contributed by atoms with Crippen molar-refractivity contribution in [2.45, 2.75) is 24.4 Å². The first kappa shape index (κ1) is 29.3. The fourth-order valence-electron chi connectivity index (χ4n) is 1.78. The van der Waals surface area contributed by atoms with Crippen LogP contribution in [0.4, 0.5) is 17.6 Å². The molecular formula is C16H30F4O10. The summed E-state index contributed by atoms with van der Waals surface area (Å²) in [5.41, 5.74) is 0. The summed E-state index contributed by atoms with van der Waals surface area (Å²) in [4.78, 5) is 0. The Hall–Kier alpha value is -0.680. The Morgan fingerprint density at radius 2 is 0.933 bits per heavy atom. The average molecular weight is 458 g/mol. The minimum Gasteiger partial charge on any atom is -0.394 e. The van der Waals surface area contributed by atoms with E-state index >= 15 is 0 Å². The Balaban J connectivity index is 3.89. The molecule has 2 atom stereocenters. The van der Waals surface area contributed by atoms with Crippen LogP contribution < -0.4 is 0 Å². The number of hydrogen-bond acceptors (Lipinski definition) is 10. The first-order chi connectivity index (χ1) is 14.1. The molecule has 0 aliphatic heterocycles. The molecule has 0 bridgehead atoms. The molecule has 0 fully saturated rings. The van der Waals surface area contributed by atoms with Gasteiger partial charge in [-0.1, -0.05) is 0 Å².